The van der Waals surface area contributed by atoms with E-state index in [0.29, 0.717) is 0 Å². The minimum atomic E-state index is -1.25. The van der Waals surface area contributed by atoms with Gasteiger partial charge in [0.25, 0.3) is 0 Å². The lowest BCUT2D eigenvalue weighted by Crippen LogP contribution is -2.27. The molecule has 0 bridgehead atoms. The monoisotopic (exact) mass is 508 g/mol. The lowest BCUT2D eigenvalue weighted by Gasteiger charge is -2.29. The quantitative estimate of drug-likeness (QED) is 0.231. The maximum atomic E-state index is 12.8. The molecule has 0 unspecified atom stereocenters. The standard InChI is InChI=1S/C39H24O/c40-39(34-20-6-3-13-26(34)27-14-4-7-21-35(27)39)36-22-8-5-15-28(36)30-17-10-19-32-31-18-9-16-29-25-12-2-1-11-24(25)23-33(37(29)31)38(30)32/h1-23,40H. The van der Waals surface area contributed by atoms with E-state index in [4.69, 9.17) is 0 Å². The van der Waals surface area contributed by atoms with Gasteiger partial charge in [0.1, 0.15) is 5.60 Å². The van der Waals surface area contributed by atoms with Crippen LogP contribution in [0.2, 0.25) is 0 Å². The van der Waals surface area contributed by atoms with E-state index in [1.807, 2.05) is 18.2 Å². The highest BCUT2D eigenvalue weighted by Crippen LogP contribution is 2.56. The third-order valence-corrected chi connectivity index (χ3v) is 9.04. The summed E-state index contributed by atoms with van der Waals surface area (Å²) in [6, 6.07) is 49.3. The first-order chi connectivity index (χ1) is 19.7. The predicted octanol–water partition coefficient (Wildman–Crippen LogP) is 9.57. The number of hydrogen-bond acceptors (Lipinski definition) is 1. The average molecular weight is 509 g/mol. The molecule has 0 radical (unpaired) electrons. The molecule has 2 aliphatic rings. The highest BCUT2D eigenvalue weighted by atomic mass is 16.3. The molecule has 0 saturated heterocycles. The number of benzene rings is 7. The van der Waals surface area contributed by atoms with E-state index >= 15 is 0 Å². The smallest absolute Gasteiger partial charge is 0.142 e. The van der Waals surface area contributed by atoms with Gasteiger partial charge in [-0.2, -0.15) is 0 Å². The highest BCUT2D eigenvalue weighted by molar-refractivity contribution is 6.25. The average Bonchev–Trinajstić information content (AvgIpc) is 3.49. The number of aliphatic hydroxyl groups is 1. The minimum absolute atomic E-state index is 0.911. The van der Waals surface area contributed by atoms with Crippen LogP contribution in [0.25, 0.3) is 66.1 Å². The van der Waals surface area contributed by atoms with Gasteiger partial charge in [0, 0.05) is 16.7 Å². The molecular formula is C39H24O. The van der Waals surface area contributed by atoms with Crippen LogP contribution < -0.4 is 0 Å². The largest absolute Gasteiger partial charge is 0.376 e. The van der Waals surface area contributed by atoms with Crippen LogP contribution in [0.1, 0.15) is 16.7 Å². The van der Waals surface area contributed by atoms with E-state index in [9.17, 15) is 5.11 Å². The van der Waals surface area contributed by atoms with Gasteiger partial charge in [0.2, 0.25) is 0 Å². The van der Waals surface area contributed by atoms with E-state index in [1.54, 1.807) is 0 Å². The number of hydrogen-bond donors (Lipinski definition) is 1. The van der Waals surface area contributed by atoms with Gasteiger partial charge in [-0.25, -0.2) is 0 Å². The van der Waals surface area contributed by atoms with Crippen LogP contribution in [-0.4, -0.2) is 5.11 Å². The summed E-state index contributed by atoms with van der Waals surface area (Å²) in [5.74, 6) is 0. The summed E-state index contributed by atoms with van der Waals surface area (Å²) in [4.78, 5) is 0. The van der Waals surface area contributed by atoms with Gasteiger partial charge in [-0.1, -0.05) is 133 Å². The van der Waals surface area contributed by atoms with Crippen LogP contribution in [0, 0.1) is 0 Å². The zero-order valence-electron chi connectivity index (χ0n) is 21.7. The summed E-state index contributed by atoms with van der Waals surface area (Å²) in [5, 5.41) is 18.0. The van der Waals surface area contributed by atoms with E-state index < -0.39 is 5.60 Å². The molecule has 0 saturated carbocycles. The third-order valence-electron chi connectivity index (χ3n) is 9.04. The Morgan fingerprint density at radius 1 is 0.375 bits per heavy atom. The Morgan fingerprint density at radius 3 is 1.50 bits per heavy atom. The van der Waals surface area contributed by atoms with E-state index in [0.717, 1.165) is 38.9 Å². The maximum Gasteiger partial charge on any atom is 0.142 e. The summed E-state index contributed by atoms with van der Waals surface area (Å²) in [7, 11) is 0. The predicted molar refractivity (Wildman–Crippen MR) is 165 cm³/mol. The molecule has 0 spiro atoms. The Labute approximate surface area is 232 Å². The fourth-order valence-corrected chi connectivity index (χ4v) is 7.41. The Morgan fingerprint density at radius 2 is 0.825 bits per heavy atom. The molecule has 0 fully saturated rings. The van der Waals surface area contributed by atoms with Gasteiger partial charge in [0.05, 0.1) is 0 Å². The normalized spacial score (nSPS) is 13.8. The Balaban J connectivity index is 1.37. The van der Waals surface area contributed by atoms with Crippen molar-refractivity contribution in [1.29, 1.82) is 0 Å². The summed E-state index contributed by atoms with van der Waals surface area (Å²) in [6.07, 6.45) is 0. The van der Waals surface area contributed by atoms with Crippen LogP contribution in [0.5, 0.6) is 0 Å². The lowest BCUT2D eigenvalue weighted by molar-refractivity contribution is 0.131. The molecule has 1 heteroatoms. The van der Waals surface area contributed by atoms with Gasteiger partial charge in [0.15, 0.2) is 0 Å². The third kappa shape index (κ3) is 2.65. The van der Waals surface area contributed by atoms with Crippen LogP contribution in [0.15, 0.2) is 140 Å². The molecule has 7 aromatic rings. The summed E-state index contributed by atoms with van der Waals surface area (Å²) < 4.78 is 0. The molecule has 2 aliphatic carbocycles. The molecule has 7 aromatic carbocycles. The van der Waals surface area contributed by atoms with Crippen molar-refractivity contribution in [2.24, 2.45) is 0 Å². The van der Waals surface area contributed by atoms with Gasteiger partial charge in [-0.05, 0) is 72.1 Å². The van der Waals surface area contributed by atoms with Crippen molar-refractivity contribution in [3.05, 3.63) is 156 Å². The molecule has 0 aromatic heterocycles. The fourth-order valence-electron chi connectivity index (χ4n) is 7.41. The molecule has 186 valence electrons. The summed E-state index contributed by atoms with van der Waals surface area (Å²) >= 11 is 0. The van der Waals surface area contributed by atoms with Crippen molar-refractivity contribution in [2.75, 3.05) is 0 Å². The van der Waals surface area contributed by atoms with Gasteiger partial charge in [-0.15, -0.1) is 0 Å². The van der Waals surface area contributed by atoms with E-state index in [1.165, 1.54) is 43.8 Å². The highest BCUT2D eigenvalue weighted by Gasteiger charge is 2.44. The second-order valence-corrected chi connectivity index (χ2v) is 10.9. The van der Waals surface area contributed by atoms with Crippen LogP contribution in [-0.2, 0) is 5.60 Å². The molecule has 1 N–H and O–H groups in total. The first-order valence-electron chi connectivity index (χ1n) is 13.8. The summed E-state index contributed by atoms with van der Waals surface area (Å²) in [6.45, 7) is 0. The molecular weight excluding hydrogens is 484 g/mol. The minimum Gasteiger partial charge on any atom is -0.376 e. The Kier molecular flexibility index (Phi) is 4.26. The zero-order chi connectivity index (χ0) is 26.4. The van der Waals surface area contributed by atoms with Crippen molar-refractivity contribution in [3.8, 4) is 44.5 Å². The maximum absolute atomic E-state index is 12.8. The van der Waals surface area contributed by atoms with Crippen molar-refractivity contribution < 1.29 is 5.11 Å². The first-order valence-corrected chi connectivity index (χ1v) is 13.8. The van der Waals surface area contributed by atoms with Gasteiger partial charge >= 0.3 is 0 Å². The van der Waals surface area contributed by atoms with Crippen molar-refractivity contribution in [1.82, 2.24) is 0 Å². The van der Waals surface area contributed by atoms with Crippen molar-refractivity contribution >= 4 is 21.5 Å². The Hall–Kier alpha value is -4.98. The second-order valence-electron chi connectivity index (χ2n) is 10.9. The molecule has 0 amide bonds. The van der Waals surface area contributed by atoms with Gasteiger partial charge < -0.3 is 5.11 Å². The van der Waals surface area contributed by atoms with Gasteiger partial charge in [-0.3, -0.25) is 0 Å². The SMILES string of the molecule is OC1(c2ccccc2-c2cccc3c2-c2cc4ccccc4c4cccc-3c24)c2ccccc2-c2ccccc21. The lowest BCUT2D eigenvalue weighted by atomic mass is 9.79. The zero-order valence-corrected chi connectivity index (χ0v) is 21.7. The number of fused-ring (bicyclic) bond motifs is 8. The molecule has 9 rings (SSSR count). The molecule has 0 heterocycles. The van der Waals surface area contributed by atoms with E-state index in [2.05, 4.69) is 121 Å². The molecule has 1 nitrogen and oxygen atoms in total. The molecule has 0 atom stereocenters. The van der Waals surface area contributed by atoms with Crippen molar-refractivity contribution in [2.45, 2.75) is 5.60 Å². The fraction of sp³-hybridized carbons (Fsp3) is 0.0256. The van der Waals surface area contributed by atoms with Crippen LogP contribution >= 0.6 is 0 Å². The first kappa shape index (κ1) is 21.9. The number of rotatable bonds is 2. The summed E-state index contributed by atoms with van der Waals surface area (Å²) in [5.41, 5.74) is 11.0. The molecule has 0 aliphatic heterocycles. The van der Waals surface area contributed by atoms with E-state index in [-0.39, 0.29) is 0 Å². The van der Waals surface area contributed by atoms with Crippen molar-refractivity contribution in [3.63, 3.8) is 0 Å². The molecule has 40 heavy (non-hydrogen) atoms. The second kappa shape index (κ2) is 7.79. The topological polar surface area (TPSA) is 20.2 Å². The van der Waals surface area contributed by atoms with Crippen LogP contribution in [0.3, 0.4) is 0 Å². The Bertz CT molecular complexity index is 2140. The van der Waals surface area contributed by atoms with Crippen LogP contribution in [0.4, 0.5) is 0 Å².